The lowest BCUT2D eigenvalue weighted by Crippen LogP contribution is -2.36. The molecule has 0 aliphatic carbocycles. The molecule has 19 heavy (non-hydrogen) atoms. The average Bonchev–Trinajstić information content (AvgIpc) is 2.74. The summed E-state index contributed by atoms with van der Waals surface area (Å²) >= 11 is 0. The number of carbonyl (C=O) groups excluding carboxylic acids is 1. The first-order valence-corrected chi connectivity index (χ1v) is 7.18. The molecule has 1 N–H and O–H groups in total. The predicted molar refractivity (Wildman–Crippen MR) is 76.6 cm³/mol. The summed E-state index contributed by atoms with van der Waals surface area (Å²) in [4.78, 5) is 12.2. The van der Waals surface area contributed by atoms with Gasteiger partial charge >= 0.3 is 0 Å². The quantitative estimate of drug-likeness (QED) is 0.885. The van der Waals surface area contributed by atoms with Crippen LogP contribution in [0, 0.1) is 0 Å². The molecule has 1 aromatic rings. The number of benzene rings is 1. The van der Waals surface area contributed by atoms with E-state index in [1.54, 1.807) is 7.11 Å². The Kier molecular flexibility index (Phi) is 5.40. The van der Waals surface area contributed by atoms with Gasteiger partial charge in [-0.25, -0.2) is 0 Å². The number of aryl methyl sites for hydroxylation is 1. The summed E-state index contributed by atoms with van der Waals surface area (Å²) in [5.74, 6) is 1.22. The zero-order chi connectivity index (χ0) is 13.5. The molecule has 0 bridgehead atoms. The number of nitrogens with one attached hydrogen (secondary N) is 1. The molecule has 3 nitrogen and oxygen atoms in total. The van der Waals surface area contributed by atoms with Crippen LogP contribution < -0.4 is 10.1 Å². The number of methoxy groups -OCH3 is 1. The maximum atomic E-state index is 12.2. The first-order chi connectivity index (χ1) is 9.29. The Hall–Kier alpha value is -1.35. The van der Waals surface area contributed by atoms with Gasteiger partial charge in [0.05, 0.1) is 13.2 Å². The van der Waals surface area contributed by atoms with Gasteiger partial charge in [-0.3, -0.25) is 4.79 Å². The summed E-state index contributed by atoms with van der Waals surface area (Å²) in [5.41, 5.74) is 1.20. The fourth-order valence-electron chi connectivity index (χ4n) is 2.54. The molecule has 3 heteroatoms. The number of hydrogen-bond donors (Lipinski definition) is 1. The van der Waals surface area contributed by atoms with Crippen molar-refractivity contribution in [3.05, 3.63) is 29.8 Å². The van der Waals surface area contributed by atoms with E-state index >= 15 is 0 Å². The van der Waals surface area contributed by atoms with E-state index in [9.17, 15) is 4.79 Å². The van der Waals surface area contributed by atoms with E-state index in [1.807, 2.05) is 24.3 Å². The zero-order valence-corrected chi connectivity index (χ0v) is 11.7. The van der Waals surface area contributed by atoms with Crippen LogP contribution in [0.4, 0.5) is 0 Å². The van der Waals surface area contributed by atoms with Crippen molar-refractivity contribution in [3.8, 4) is 5.75 Å². The van der Waals surface area contributed by atoms with E-state index in [2.05, 4.69) is 5.32 Å². The van der Waals surface area contributed by atoms with Gasteiger partial charge in [0.25, 0.3) is 0 Å². The standard InChI is InChI=1S/C16H23NO2/c1-19-14-9-6-13(7-10-14)8-11-16(18)15-5-3-2-4-12-17-15/h6-7,9-10,15,17H,2-5,8,11-12H2,1H3. The van der Waals surface area contributed by atoms with Gasteiger partial charge in [0, 0.05) is 6.42 Å². The topological polar surface area (TPSA) is 38.3 Å². The van der Waals surface area contributed by atoms with Crippen molar-refractivity contribution in [2.75, 3.05) is 13.7 Å². The van der Waals surface area contributed by atoms with Crippen molar-refractivity contribution in [3.63, 3.8) is 0 Å². The molecule has 1 fully saturated rings. The van der Waals surface area contributed by atoms with E-state index in [0.29, 0.717) is 12.2 Å². The van der Waals surface area contributed by atoms with Crippen molar-refractivity contribution in [1.29, 1.82) is 0 Å². The molecule has 1 aromatic carbocycles. The number of hydrogen-bond acceptors (Lipinski definition) is 3. The van der Waals surface area contributed by atoms with Crippen LogP contribution in [0.2, 0.25) is 0 Å². The molecule has 0 amide bonds. The van der Waals surface area contributed by atoms with Gasteiger partial charge in [-0.1, -0.05) is 25.0 Å². The second-order valence-electron chi connectivity index (χ2n) is 5.17. The summed E-state index contributed by atoms with van der Waals surface area (Å²) in [6.45, 7) is 0.985. The number of Topliss-reactive ketones (excluding diaryl/α,β-unsaturated/α-hetero) is 1. The van der Waals surface area contributed by atoms with Crippen molar-refractivity contribution in [1.82, 2.24) is 5.32 Å². The Morgan fingerprint density at radius 2 is 2.05 bits per heavy atom. The maximum Gasteiger partial charge on any atom is 0.150 e. The molecular formula is C16H23NO2. The van der Waals surface area contributed by atoms with Crippen molar-refractivity contribution >= 4 is 5.78 Å². The van der Waals surface area contributed by atoms with Gasteiger partial charge in [0.1, 0.15) is 11.5 Å². The number of ether oxygens (including phenoxy) is 1. The number of carbonyl (C=O) groups is 1. The molecule has 1 saturated heterocycles. The summed E-state index contributed by atoms with van der Waals surface area (Å²) in [6.07, 6.45) is 6.07. The van der Waals surface area contributed by atoms with Crippen LogP contribution in [-0.2, 0) is 11.2 Å². The highest BCUT2D eigenvalue weighted by Gasteiger charge is 2.18. The Labute approximate surface area is 115 Å². The smallest absolute Gasteiger partial charge is 0.150 e. The molecule has 1 aliphatic heterocycles. The van der Waals surface area contributed by atoms with Crippen molar-refractivity contribution in [2.24, 2.45) is 0 Å². The van der Waals surface area contributed by atoms with Gasteiger partial charge in [-0.2, -0.15) is 0 Å². The summed E-state index contributed by atoms with van der Waals surface area (Å²) in [5, 5.41) is 3.37. The first kappa shape index (κ1) is 14.1. The van der Waals surface area contributed by atoms with Crippen LogP contribution >= 0.6 is 0 Å². The summed E-state index contributed by atoms with van der Waals surface area (Å²) < 4.78 is 5.13. The van der Waals surface area contributed by atoms with Crippen LogP contribution in [0.1, 0.15) is 37.7 Å². The fraction of sp³-hybridized carbons (Fsp3) is 0.562. The molecule has 104 valence electrons. The molecule has 1 atom stereocenters. The molecule has 0 aromatic heterocycles. The van der Waals surface area contributed by atoms with E-state index in [-0.39, 0.29) is 6.04 Å². The molecular weight excluding hydrogens is 238 g/mol. The molecule has 1 unspecified atom stereocenters. The van der Waals surface area contributed by atoms with Crippen LogP contribution in [0.3, 0.4) is 0 Å². The van der Waals surface area contributed by atoms with Gasteiger partial charge in [0.15, 0.2) is 0 Å². The SMILES string of the molecule is COc1ccc(CCC(=O)C2CCCCCN2)cc1. The zero-order valence-electron chi connectivity index (χ0n) is 11.7. The highest BCUT2D eigenvalue weighted by Crippen LogP contribution is 2.15. The van der Waals surface area contributed by atoms with E-state index in [0.717, 1.165) is 25.1 Å². The predicted octanol–water partition coefficient (Wildman–Crippen LogP) is 2.73. The molecule has 0 spiro atoms. The normalized spacial score (nSPS) is 19.7. The molecule has 0 radical (unpaired) electrons. The number of ketones is 1. The summed E-state index contributed by atoms with van der Waals surface area (Å²) in [6, 6.07) is 8.05. The highest BCUT2D eigenvalue weighted by molar-refractivity contribution is 5.84. The lowest BCUT2D eigenvalue weighted by molar-refractivity contribution is -0.121. The van der Waals surface area contributed by atoms with Crippen molar-refractivity contribution < 1.29 is 9.53 Å². The second-order valence-corrected chi connectivity index (χ2v) is 5.17. The Balaban J connectivity index is 1.81. The largest absolute Gasteiger partial charge is 0.497 e. The Morgan fingerprint density at radius 3 is 2.79 bits per heavy atom. The Bertz CT molecular complexity index is 392. The highest BCUT2D eigenvalue weighted by atomic mass is 16.5. The van der Waals surface area contributed by atoms with Crippen LogP contribution in [0.25, 0.3) is 0 Å². The minimum atomic E-state index is 0.0840. The van der Waals surface area contributed by atoms with Crippen LogP contribution in [-0.4, -0.2) is 25.5 Å². The van der Waals surface area contributed by atoms with Gasteiger partial charge < -0.3 is 10.1 Å². The Morgan fingerprint density at radius 1 is 1.26 bits per heavy atom. The third-order valence-electron chi connectivity index (χ3n) is 3.77. The minimum absolute atomic E-state index is 0.0840. The van der Waals surface area contributed by atoms with E-state index in [1.165, 1.54) is 24.8 Å². The first-order valence-electron chi connectivity index (χ1n) is 7.18. The van der Waals surface area contributed by atoms with E-state index < -0.39 is 0 Å². The third-order valence-corrected chi connectivity index (χ3v) is 3.77. The monoisotopic (exact) mass is 261 g/mol. The van der Waals surface area contributed by atoms with Crippen molar-refractivity contribution in [2.45, 2.75) is 44.6 Å². The molecule has 0 saturated carbocycles. The second kappa shape index (κ2) is 7.29. The van der Waals surface area contributed by atoms with E-state index in [4.69, 9.17) is 4.74 Å². The molecule has 2 rings (SSSR count). The lowest BCUT2D eigenvalue weighted by Gasteiger charge is -2.14. The van der Waals surface area contributed by atoms with Gasteiger partial charge in [0.2, 0.25) is 0 Å². The molecule has 1 aliphatic rings. The van der Waals surface area contributed by atoms with Crippen LogP contribution in [0.5, 0.6) is 5.75 Å². The molecule has 1 heterocycles. The van der Waals surface area contributed by atoms with Crippen LogP contribution in [0.15, 0.2) is 24.3 Å². The fourth-order valence-corrected chi connectivity index (χ4v) is 2.54. The van der Waals surface area contributed by atoms with Gasteiger partial charge in [-0.05, 0) is 43.5 Å². The average molecular weight is 261 g/mol. The number of rotatable bonds is 5. The lowest BCUT2D eigenvalue weighted by atomic mass is 10.0. The summed E-state index contributed by atoms with van der Waals surface area (Å²) in [7, 11) is 1.66. The minimum Gasteiger partial charge on any atom is -0.497 e. The third kappa shape index (κ3) is 4.35. The van der Waals surface area contributed by atoms with Gasteiger partial charge in [-0.15, -0.1) is 0 Å². The maximum absolute atomic E-state index is 12.2.